The molecule has 0 unspecified atom stereocenters. The molecule has 2 fully saturated rings. The van der Waals surface area contributed by atoms with Crippen molar-refractivity contribution in [2.75, 3.05) is 26.7 Å². The van der Waals surface area contributed by atoms with Crippen molar-refractivity contribution >= 4 is 17.1 Å². The smallest absolute Gasteiger partial charge is 0.410 e. The molecule has 0 bridgehead atoms. The highest BCUT2D eigenvalue weighted by atomic mass is 16.6. The van der Waals surface area contributed by atoms with Crippen molar-refractivity contribution in [3.63, 3.8) is 0 Å². The number of fused-ring (bicyclic) bond motifs is 1. The molecule has 0 N–H and O–H groups in total. The number of piperidine rings is 1. The highest BCUT2D eigenvalue weighted by Crippen LogP contribution is 2.32. The first kappa shape index (κ1) is 13.6. The first-order chi connectivity index (χ1) is 10.6. The van der Waals surface area contributed by atoms with Gasteiger partial charge in [-0.3, -0.25) is 4.90 Å². The first-order valence-corrected chi connectivity index (χ1v) is 7.78. The molecule has 4 rings (SSSR count). The first-order valence-electron chi connectivity index (χ1n) is 7.78. The van der Waals surface area contributed by atoms with E-state index in [1.807, 2.05) is 18.2 Å². The van der Waals surface area contributed by atoms with Crippen LogP contribution in [0.2, 0.25) is 0 Å². The van der Waals surface area contributed by atoms with E-state index in [-0.39, 0.29) is 11.7 Å². The lowest BCUT2D eigenvalue weighted by atomic mass is 9.93. The maximum Gasteiger partial charge on any atom is 0.410 e. The minimum atomic E-state index is -0.337. The zero-order chi connectivity index (χ0) is 15.2. The third-order valence-corrected chi connectivity index (χ3v) is 4.62. The van der Waals surface area contributed by atoms with Gasteiger partial charge in [-0.15, -0.1) is 0 Å². The Labute approximate surface area is 129 Å². The molecule has 1 aromatic heterocycles. The van der Waals surface area contributed by atoms with Gasteiger partial charge in [0.15, 0.2) is 0 Å². The number of likely N-dealkylation sites (tertiary alicyclic amines) is 1. The highest BCUT2D eigenvalue weighted by Gasteiger charge is 2.46. The third-order valence-electron chi connectivity index (χ3n) is 4.62. The minimum Gasteiger partial charge on any atom is -0.460 e. The fourth-order valence-corrected chi connectivity index (χ4v) is 3.67. The number of rotatable bonds is 2. The molecule has 2 saturated heterocycles. The van der Waals surface area contributed by atoms with Crippen molar-refractivity contribution in [3.8, 4) is 0 Å². The molecule has 116 valence electrons. The minimum absolute atomic E-state index is 0.203. The number of carbonyl (C=O) groups excluding carboxylic acids is 1. The van der Waals surface area contributed by atoms with Crippen LogP contribution < -0.4 is 0 Å². The molecule has 5 heteroatoms. The van der Waals surface area contributed by atoms with E-state index < -0.39 is 0 Å². The van der Waals surface area contributed by atoms with E-state index in [0.717, 1.165) is 49.2 Å². The van der Waals surface area contributed by atoms with Crippen molar-refractivity contribution in [1.29, 1.82) is 0 Å². The van der Waals surface area contributed by atoms with Crippen LogP contribution in [0, 0.1) is 0 Å². The molecule has 3 heterocycles. The Kier molecular flexibility index (Phi) is 3.11. The topological polar surface area (TPSA) is 45.9 Å². The van der Waals surface area contributed by atoms with Gasteiger partial charge in [-0.1, -0.05) is 18.2 Å². The summed E-state index contributed by atoms with van der Waals surface area (Å²) in [7, 11) is 1.80. The summed E-state index contributed by atoms with van der Waals surface area (Å²) in [5.74, 6) is 0.968. The summed E-state index contributed by atoms with van der Waals surface area (Å²) >= 11 is 0. The molecule has 2 aliphatic heterocycles. The molecular weight excluding hydrogens is 280 g/mol. The summed E-state index contributed by atoms with van der Waals surface area (Å²) in [6.45, 7) is 3.24. The number of amides is 1. The standard InChI is InChI=1S/C17H20N2O3/c1-18-11-17(22-16(18)20)7-4-8-19(12-17)10-14-9-13-5-2-3-6-15(13)21-14/h2-3,5-6,9H,4,7-8,10-12H2,1H3/t17-/m0/s1. The maximum atomic E-state index is 11.7. The number of nitrogens with zero attached hydrogens (tertiary/aromatic N) is 2. The Morgan fingerprint density at radius 2 is 2.14 bits per heavy atom. The predicted octanol–water partition coefficient (Wildman–Crippen LogP) is 2.85. The molecule has 1 spiro atoms. The van der Waals surface area contributed by atoms with Crippen molar-refractivity contribution in [1.82, 2.24) is 9.80 Å². The van der Waals surface area contributed by atoms with E-state index in [9.17, 15) is 4.79 Å². The van der Waals surface area contributed by atoms with Crippen LogP contribution in [0.15, 0.2) is 34.7 Å². The second kappa shape index (κ2) is 5.02. The fraction of sp³-hybridized carbons (Fsp3) is 0.471. The monoisotopic (exact) mass is 300 g/mol. The number of furan rings is 1. The normalized spacial score (nSPS) is 26.0. The van der Waals surface area contributed by atoms with Gasteiger partial charge in [-0.2, -0.15) is 0 Å². The highest BCUT2D eigenvalue weighted by molar-refractivity contribution is 5.77. The molecule has 2 aliphatic rings. The Morgan fingerprint density at radius 1 is 1.27 bits per heavy atom. The Bertz CT molecular complexity index is 678. The third kappa shape index (κ3) is 2.35. The fourth-order valence-electron chi connectivity index (χ4n) is 3.67. The summed E-state index contributed by atoms with van der Waals surface area (Å²) in [5, 5.41) is 1.14. The maximum absolute atomic E-state index is 11.7. The van der Waals surface area contributed by atoms with Crippen LogP contribution in [0.3, 0.4) is 0 Å². The number of carbonyl (C=O) groups is 1. The van der Waals surface area contributed by atoms with Crippen molar-refractivity contribution in [3.05, 3.63) is 36.1 Å². The van der Waals surface area contributed by atoms with E-state index in [1.54, 1.807) is 11.9 Å². The van der Waals surface area contributed by atoms with Crippen molar-refractivity contribution < 1.29 is 13.9 Å². The lowest BCUT2D eigenvalue weighted by Crippen LogP contribution is -2.50. The molecule has 0 aliphatic carbocycles. The van der Waals surface area contributed by atoms with Gasteiger partial charge in [0.2, 0.25) is 0 Å². The van der Waals surface area contributed by atoms with Crippen LogP contribution in [0.1, 0.15) is 18.6 Å². The summed E-state index contributed by atoms with van der Waals surface area (Å²) in [6.07, 6.45) is 1.78. The summed E-state index contributed by atoms with van der Waals surface area (Å²) < 4.78 is 11.5. The van der Waals surface area contributed by atoms with Crippen LogP contribution >= 0.6 is 0 Å². The average molecular weight is 300 g/mol. The molecule has 0 saturated carbocycles. The second-order valence-corrected chi connectivity index (χ2v) is 6.47. The van der Waals surface area contributed by atoms with Gasteiger partial charge in [0.25, 0.3) is 0 Å². The molecule has 1 amide bonds. The van der Waals surface area contributed by atoms with E-state index in [0.29, 0.717) is 6.54 Å². The largest absolute Gasteiger partial charge is 0.460 e. The molecular formula is C17H20N2O3. The molecule has 1 aromatic carbocycles. The number of hydrogen-bond donors (Lipinski definition) is 0. The number of hydrogen-bond acceptors (Lipinski definition) is 4. The van der Waals surface area contributed by atoms with Crippen LogP contribution in [0.25, 0.3) is 11.0 Å². The molecule has 22 heavy (non-hydrogen) atoms. The molecule has 0 radical (unpaired) electrons. The SMILES string of the molecule is CN1C[C@]2(CCCN(Cc3cc4ccccc4o3)C2)OC1=O. The Morgan fingerprint density at radius 3 is 2.91 bits per heavy atom. The van der Waals surface area contributed by atoms with Gasteiger partial charge < -0.3 is 14.1 Å². The number of likely N-dealkylation sites (N-methyl/N-ethyl adjacent to an activating group) is 1. The van der Waals surface area contributed by atoms with Crippen LogP contribution in [0.5, 0.6) is 0 Å². The quantitative estimate of drug-likeness (QED) is 0.855. The number of benzene rings is 1. The van der Waals surface area contributed by atoms with E-state index in [2.05, 4.69) is 17.0 Å². The lowest BCUT2D eigenvalue weighted by molar-refractivity contribution is -0.0129. The van der Waals surface area contributed by atoms with Gasteiger partial charge in [0, 0.05) is 19.0 Å². The van der Waals surface area contributed by atoms with Gasteiger partial charge in [0.05, 0.1) is 13.1 Å². The van der Waals surface area contributed by atoms with E-state index in [4.69, 9.17) is 9.15 Å². The predicted molar refractivity (Wildman–Crippen MR) is 82.6 cm³/mol. The average Bonchev–Trinajstić information content (AvgIpc) is 3.00. The van der Waals surface area contributed by atoms with Crippen LogP contribution in [-0.4, -0.2) is 48.2 Å². The van der Waals surface area contributed by atoms with E-state index >= 15 is 0 Å². The zero-order valence-electron chi connectivity index (χ0n) is 12.7. The number of para-hydroxylation sites is 1. The zero-order valence-corrected chi connectivity index (χ0v) is 12.7. The summed E-state index contributed by atoms with van der Waals surface area (Å²) in [6, 6.07) is 10.2. The van der Waals surface area contributed by atoms with Gasteiger partial charge in [0.1, 0.15) is 16.9 Å². The lowest BCUT2D eigenvalue weighted by Gasteiger charge is -2.37. The van der Waals surface area contributed by atoms with E-state index in [1.165, 1.54) is 0 Å². The van der Waals surface area contributed by atoms with Crippen LogP contribution in [-0.2, 0) is 11.3 Å². The Hall–Kier alpha value is -2.01. The molecule has 1 atom stereocenters. The van der Waals surface area contributed by atoms with Gasteiger partial charge >= 0.3 is 6.09 Å². The second-order valence-electron chi connectivity index (χ2n) is 6.47. The Balaban J connectivity index is 1.50. The summed E-state index contributed by atoms with van der Waals surface area (Å²) in [4.78, 5) is 15.7. The van der Waals surface area contributed by atoms with Gasteiger partial charge in [-0.25, -0.2) is 4.79 Å². The van der Waals surface area contributed by atoms with Crippen molar-refractivity contribution in [2.24, 2.45) is 0 Å². The molecule has 2 aromatic rings. The van der Waals surface area contributed by atoms with Gasteiger partial charge in [-0.05, 0) is 31.5 Å². The number of ether oxygens (including phenoxy) is 1. The summed E-state index contributed by atoms with van der Waals surface area (Å²) in [5.41, 5.74) is 0.590. The van der Waals surface area contributed by atoms with Crippen molar-refractivity contribution in [2.45, 2.75) is 25.0 Å². The van der Waals surface area contributed by atoms with Crippen LogP contribution in [0.4, 0.5) is 4.79 Å². The molecule has 5 nitrogen and oxygen atoms in total.